The van der Waals surface area contributed by atoms with Gasteiger partial charge in [0.25, 0.3) is 0 Å². The third-order valence-corrected chi connectivity index (χ3v) is 5.64. The molecule has 1 heterocycles. The number of rotatable bonds is 12. The van der Waals surface area contributed by atoms with Crippen LogP contribution in [-0.4, -0.2) is 37.3 Å². The first-order valence-electron chi connectivity index (χ1n) is 11.9. The number of hydrogen-bond acceptors (Lipinski definition) is 5. The summed E-state index contributed by atoms with van der Waals surface area (Å²) >= 11 is 0. The molecule has 0 aliphatic carbocycles. The van der Waals surface area contributed by atoms with E-state index in [4.69, 9.17) is 23.7 Å². The van der Waals surface area contributed by atoms with E-state index in [0.29, 0.717) is 26.4 Å². The lowest BCUT2D eigenvalue weighted by atomic mass is 10.1. The molecule has 1 aliphatic rings. The first-order chi connectivity index (χ1) is 16.7. The molecule has 1 fully saturated rings. The molecular weight excluding hydrogens is 428 g/mol. The van der Waals surface area contributed by atoms with E-state index in [9.17, 15) is 0 Å². The van der Waals surface area contributed by atoms with Gasteiger partial charge in [-0.05, 0) is 30.5 Å². The molecule has 5 nitrogen and oxygen atoms in total. The Bertz CT molecular complexity index is 948. The highest BCUT2D eigenvalue weighted by Crippen LogP contribution is 2.30. The van der Waals surface area contributed by atoms with Crippen LogP contribution in [0.15, 0.2) is 91.0 Å². The zero-order chi connectivity index (χ0) is 23.6. The van der Waals surface area contributed by atoms with Gasteiger partial charge in [0.15, 0.2) is 6.29 Å². The second-order valence-corrected chi connectivity index (χ2v) is 8.75. The fourth-order valence-electron chi connectivity index (χ4n) is 3.98. The zero-order valence-electron chi connectivity index (χ0n) is 19.9. The molecule has 4 atom stereocenters. The summed E-state index contributed by atoms with van der Waals surface area (Å²) in [6.45, 7) is 5.81. The van der Waals surface area contributed by atoms with E-state index in [1.807, 2.05) is 68.4 Å². The predicted octanol–water partition coefficient (Wildman–Crippen LogP) is 5.52. The van der Waals surface area contributed by atoms with Crippen molar-refractivity contribution in [2.45, 2.75) is 64.4 Å². The van der Waals surface area contributed by atoms with Crippen LogP contribution in [0.1, 0.15) is 30.5 Å². The Morgan fingerprint density at radius 1 is 0.647 bits per heavy atom. The molecule has 0 N–H and O–H groups in total. The first kappa shape index (κ1) is 24.6. The van der Waals surface area contributed by atoms with E-state index in [1.54, 1.807) is 0 Å². The maximum atomic E-state index is 6.41. The van der Waals surface area contributed by atoms with E-state index in [0.717, 1.165) is 16.7 Å². The molecule has 0 aromatic heterocycles. The zero-order valence-corrected chi connectivity index (χ0v) is 19.9. The van der Waals surface area contributed by atoms with Gasteiger partial charge in [0.2, 0.25) is 0 Å². The third-order valence-electron chi connectivity index (χ3n) is 5.64. The van der Waals surface area contributed by atoms with Crippen LogP contribution in [0, 0.1) is 0 Å². The Hall–Kier alpha value is -2.54. The number of ether oxygens (including phenoxy) is 5. The maximum absolute atomic E-state index is 6.41. The SMILES string of the molecule is CC(C)OC1OC(COCc2ccccc2)C(OCc2ccccc2)C1OCc1ccccc1. The molecule has 180 valence electrons. The molecule has 0 saturated carbocycles. The van der Waals surface area contributed by atoms with Crippen molar-refractivity contribution < 1.29 is 23.7 Å². The van der Waals surface area contributed by atoms with Crippen molar-refractivity contribution in [3.05, 3.63) is 108 Å². The lowest BCUT2D eigenvalue weighted by Crippen LogP contribution is -2.40. The van der Waals surface area contributed by atoms with Crippen molar-refractivity contribution in [3.8, 4) is 0 Å². The Labute approximate surface area is 202 Å². The molecule has 0 bridgehead atoms. The standard InChI is InChI=1S/C29H34O5/c1-22(2)33-29-28(32-20-25-16-10-5-11-17-25)27(31-19-24-14-8-4-9-15-24)26(34-29)21-30-18-23-12-6-3-7-13-23/h3-17,22,26-29H,18-21H2,1-2H3. The lowest BCUT2D eigenvalue weighted by molar-refractivity contribution is -0.200. The maximum Gasteiger partial charge on any atom is 0.187 e. The van der Waals surface area contributed by atoms with Crippen LogP contribution < -0.4 is 0 Å². The number of benzene rings is 3. The lowest BCUT2D eigenvalue weighted by Gasteiger charge is -2.25. The molecule has 0 amide bonds. The van der Waals surface area contributed by atoms with Crippen LogP contribution in [0.4, 0.5) is 0 Å². The monoisotopic (exact) mass is 462 g/mol. The van der Waals surface area contributed by atoms with Gasteiger partial charge in [0, 0.05) is 0 Å². The van der Waals surface area contributed by atoms with Gasteiger partial charge in [0.1, 0.15) is 18.3 Å². The second kappa shape index (κ2) is 12.8. The Kier molecular flexibility index (Phi) is 9.25. The van der Waals surface area contributed by atoms with E-state index < -0.39 is 6.29 Å². The highest BCUT2D eigenvalue weighted by molar-refractivity contribution is 5.15. The first-order valence-corrected chi connectivity index (χ1v) is 11.9. The highest BCUT2D eigenvalue weighted by atomic mass is 16.7. The molecule has 5 heteroatoms. The molecule has 4 rings (SSSR count). The summed E-state index contributed by atoms with van der Waals surface area (Å²) in [4.78, 5) is 0. The second-order valence-electron chi connectivity index (χ2n) is 8.75. The van der Waals surface area contributed by atoms with Crippen molar-refractivity contribution in [3.63, 3.8) is 0 Å². The van der Waals surface area contributed by atoms with Crippen LogP contribution >= 0.6 is 0 Å². The normalized spacial score (nSPS) is 22.3. The van der Waals surface area contributed by atoms with Crippen LogP contribution in [0.2, 0.25) is 0 Å². The van der Waals surface area contributed by atoms with Crippen molar-refractivity contribution in [2.75, 3.05) is 6.61 Å². The molecule has 0 radical (unpaired) electrons. The van der Waals surface area contributed by atoms with Gasteiger partial charge in [-0.25, -0.2) is 0 Å². The van der Waals surface area contributed by atoms with Gasteiger partial charge in [-0.15, -0.1) is 0 Å². The fourth-order valence-corrected chi connectivity index (χ4v) is 3.98. The molecule has 1 saturated heterocycles. The molecule has 0 spiro atoms. The minimum atomic E-state index is -0.533. The van der Waals surface area contributed by atoms with Gasteiger partial charge < -0.3 is 23.7 Å². The van der Waals surface area contributed by atoms with Gasteiger partial charge in [-0.3, -0.25) is 0 Å². The molecular formula is C29H34O5. The molecule has 1 aliphatic heterocycles. The largest absolute Gasteiger partial charge is 0.374 e. The van der Waals surface area contributed by atoms with Crippen molar-refractivity contribution >= 4 is 0 Å². The van der Waals surface area contributed by atoms with Gasteiger partial charge in [-0.2, -0.15) is 0 Å². The van der Waals surface area contributed by atoms with Crippen LogP contribution in [-0.2, 0) is 43.5 Å². The number of hydrogen-bond donors (Lipinski definition) is 0. The Balaban J connectivity index is 1.46. The Morgan fingerprint density at radius 3 is 1.62 bits per heavy atom. The van der Waals surface area contributed by atoms with Crippen molar-refractivity contribution in [1.82, 2.24) is 0 Å². The summed E-state index contributed by atoms with van der Waals surface area (Å²) in [6, 6.07) is 30.4. The van der Waals surface area contributed by atoms with E-state index in [2.05, 4.69) is 36.4 Å². The Morgan fingerprint density at radius 2 is 1.12 bits per heavy atom. The summed E-state index contributed by atoms with van der Waals surface area (Å²) in [6.07, 6.45) is -1.56. The average molecular weight is 463 g/mol. The molecule has 4 unspecified atom stereocenters. The fraction of sp³-hybridized carbons (Fsp3) is 0.379. The van der Waals surface area contributed by atoms with Crippen LogP contribution in [0.25, 0.3) is 0 Å². The summed E-state index contributed by atoms with van der Waals surface area (Å²) in [5.74, 6) is 0. The molecule has 3 aromatic carbocycles. The van der Waals surface area contributed by atoms with Crippen LogP contribution in [0.3, 0.4) is 0 Å². The average Bonchev–Trinajstić information content (AvgIpc) is 3.18. The summed E-state index contributed by atoms with van der Waals surface area (Å²) < 4.78 is 31.2. The van der Waals surface area contributed by atoms with Crippen molar-refractivity contribution in [1.29, 1.82) is 0 Å². The predicted molar refractivity (Wildman–Crippen MR) is 131 cm³/mol. The minimum Gasteiger partial charge on any atom is -0.374 e. The molecule has 3 aromatic rings. The van der Waals surface area contributed by atoms with Crippen LogP contribution in [0.5, 0.6) is 0 Å². The minimum absolute atomic E-state index is 0.00779. The van der Waals surface area contributed by atoms with E-state index >= 15 is 0 Å². The van der Waals surface area contributed by atoms with Crippen molar-refractivity contribution in [2.24, 2.45) is 0 Å². The topological polar surface area (TPSA) is 46.2 Å². The van der Waals surface area contributed by atoms with E-state index in [1.165, 1.54) is 0 Å². The highest BCUT2D eigenvalue weighted by Gasteiger charge is 2.47. The summed E-state index contributed by atoms with van der Waals surface area (Å²) in [5.41, 5.74) is 3.31. The quantitative estimate of drug-likeness (QED) is 0.354. The van der Waals surface area contributed by atoms with Gasteiger partial charge >= 0.3 is 0 Å². The van der Waals surface area contributed by atoms with Gasteiger partial charge in [0.05, 0.1) is 32.5 Å². The van der Waals surface area contributed by atoms with Gasteiger partial charge in [-0.1, -0.05) is 91.0 Å². The van der Waals surface area contributed by atoms with E-state index in [-0.39, 0.29) is 24.4 Å². The smallest absolute Gasteiger partial charge is 0.187 e. The summed E-state index contributed by atoms with van der Waals surface area (Å²) in [7, 11) is 0. The third kappa shape index (κ3) is 7.23. The molecule has 34 heavy (non-hydrogen) atoms. The summed E-state index contributed by atoms with van der Waals surface area (Å²) in [5, 5.41) is 0.